The molecule has 2 aromatic rings. The predicted octanol–water partition coefficient (Wildman–Crippen LogP) is 3.85. The first-order valence-electron chi connectivity index (χ1n) is 12.3. The summed E-state index contributed by atoms with van der Waals surface area (Å²) >= 11 is 0. The van der Waals surface area contributed by atoms with Crippen molar-refractivity contribution in [1.82, 2.24) is 19.6 Å². The molecule has 1 aromatic carbocycles. The van der Waals surface area contributed by atoms with Gasteiger partial charge in [0.25, 0.3) is 5.91 Å². The van der Waals surface area contributed by atoms with Crippen LogP contribution in [0, 0.1) is 5.92 Å². The van der Waals surface area contributed by atoms with Gasteiger partial charge in [0, 0.05) is 50.7 Å². The lowest BCUT2D eigenvalue weighted by molar-refractivity contribution is -0.173. The smallest absolute Gasteiger partial charge is 0.257 e. The molecular weight excluding hydrogens is 400 g/mol. The summed E-state index contributed by atoms with van der Waals surface area (Å²) in [4.78, 5) is 18.6. The molecule has 5 rings (SSSR count). The van der Waals surface area contributed by atoms with Crippen LogP contribution in [0.5, 0.6) is 0 Å². The van der Waals surface area contributed by atoms with Crippen LogP contribution in [0.15, 0.2) is 42.6 Å². The van der Waals surface area contributed by atoms with Gasteiger partial charge in [-0.3, -0.25) is 14.4 Å². The Morgan fingerprint density at radius 2 is 1.94 bits per heavy atom. The summed E-state index contributed by atoms with van der Waals surface area (Å²) in [5, 5.41) is 4.60. The van der Waals surface area contributed by atoms with Crippen LogP contribution < -0.4 is 0 Å². The molecule has 32 heavy (non-hydrogen) atoms. The third-order valence-corrected chi connectivity index (χ3v) is 7.59. The lowest BCUT2D eigenvalue weighted by Crippen LogP contribution is -2.60. The molecule has 172 valence electrons. The minimum atomic E-state index is -0.821. The molecule has 6 nitrogen and oxygen atoms in total. The number of ether oxygens (including phenoxy) is 1. The van der Waals surface area contributed by atoms with Crippen molar-refractivity contribution in [2.45, 2.75) is 63.6 Å². The molecule has 0 N–H and O–H groups in total. The van der Waals surface area contributed by atoms with Crippen molar-refractivity contribution in [3.63, 3.8) is 0 Å². The summed E-state index contributed by atoms with van der Waals surface area (Å²) < 4.78 is 8.58. The fourth-order valence-electron chi connectivity index (χ4n) is 6.06. The maximum absolute atomic E-state index is 14.1. The van der Waals surface area contributed by atoms with Crippen molar-refractivity contribution in [3.05, 3.63) is 53.9 Å². The summed E-state index contributed by atoms with van der Waals surface area (Å²) in [7, 11) is 0. The largest absolute Gasteiger partial charge is 0.361 e. The van der Waals surface area contributed by atoms with Crippen molar-refractivity contribution < 1.29 is 9.53 Å². The molecule has 3 aliphatic rings. The van der Waals surface area contributed by atoms with Gasteiger partial charge in [-0.1, -0.05) is 43.2 Å². The molecule has 1 aliphatic carbocycles. The molecule has 2 saturated heterocycles. The van der Waals surface area contributed by atoms with Gasteiger partial charge in [-0.05, 0) is 44.2 Å². The van der Waals surface area contributed by atoms with Gasteiger partial charge in [-0.2, -0.15) is 5.10 Å². The summed E-state index contributed by atoms with van der Waals surface area (Å²) in [5.74, 6) is 0.892. The van der Waals surface area contributed by atoms with Crippen molar-refractivity contribution in [2.24, 2.45) is 5.92 Å². The van der Waals surface area contributed by atoms with Crippen LogP contribution in [0.25, 0.3) is 0 Å². The normalized spacial score (nSPS) is 27.3. The molecule has 3 fully saturated rings. The minimum Gasteiger partial charge on any atom is -0.361 e. The van der Waals surface area contributed by atoms with E-state index in [0.717, 1.165) is 24.7 Å². The highest BCUT2D eigenvalue weighted by atomic mass is 16.5. The standard InChI is InChI=1S/C26H36N4O2/c1-20(2)30-24(12-13-27-30)23-18-28(16-21-10-6-7-11-21)19-26(23)25(31)29(14-15-32-26)17-22-8-4-3-5-9-22/h3-5,8-9,12-13,20-21,23H,6-7,10-11,14-19H2,1-2H3/t23-,26-/m0/s1. The fourth-order valence-corrected chi connectivity index (χ4v) is 6.06. The number of rotatable bonds is 6. The second-order valence-corrected chi connectivity index (χ2v) is 10.1. The van der Waals surface area contributed by atoms with Crippen molar-refractivity contribution in [3.8, 4) is 0 Å². The number of benzene rings is 1. The predicted molar refractivity (Wildman–Crippen MR) is 124 cm³/mol. The SMILES string of the molecule is CC(C)n1nccc1[C@@H]1CN(CC2CCCC2)C[C@]12OCCN(Cc1ccccc1)C2=O. The van der Waals surface area contributed by atoms with E-state index in [0.29, 0.717) is 26.2 Å². The van der Waals surface area contributed by atoms with Gasteiger partial charge in [0.15, 0.2) is 5.60 Å². The number of amides is 1. The van der Waals surface area contributed by atoms with Gasteiger partial charge in [-0.25, -0.2) is 0 Å². The van der Waals surface area contributed by atoms with Gasteiger partial charge in [0.05, 0.1) is 12.5 Å². The van der Waals surface area contributed by atoms with E-state index in [1.807, 2.05) is 29.3 Å². The lowest BCUT2D eigenvalue weighted by atomic mass is 9.85. The summed E-state index contributed by atoms with van der Waals surface area (Å²) in [6, 6.07) is 12.6. The fraction of sp³-hybridized carbons (Fsp3) is 0.615. The average molecular weight is 437 g/mol. The lowest BCUT2D eigenvalue weighted by Gasteiger charge is -2.42. The molecule has 0 unspecified atom stereocenters. The van der Waals surface area contributed by atoms with Gasteiger partial charge in [0.2, 0.25) is 0 Å². The number of nitrogens with zero attached hydrogens (tertiary/aromatic N) is 4. The number of likely N-dealkylation sites (tertiary alicyclic amines) is 1. The first kappa shape index (κ1) is 21.7. The molecule has 2 aliphatic heterocycles. The molecule has 1 aromatic heterocycles. The maximum atomic E-state index is 14.1. The monoisotopic (exact) mass is 436 g/mol. The van der Waals surface area contributed by atoms with Crippen LogP contribution in [0.4, 0.5) is 0 Å². The Hall–Kier alpha value is -2.18. The van der Waals surface area contributed by atoms with Crippen molar-refractivity contribution in [2.75, 3.05) is 32.8 Å². The minimum absolute atomic E-state index is 0.000114. The Labute approximate surface area is 191 Å². The number of aromatic nitrogens is 2. The number of carbonyl (C=O) groups is 1. The van der Waals surface area contributed by atoms with E-state index in [-0.39, 0.29) is 17.9 Å². The third-order valence-electron chi connectivity index (χ3n) is 7.59. The molecule has 2 atom stereocenters. The zero-order valence-corrected chi connectivity index (χ0v) is 19.4. The van der Waals surface area contributed by atoms with E-state index in [2.05, 4.69) is 46.7 Å². The van der Waals surface area contributed by atoms with E-state index >= 15 is 0 Å². The Morgan fingerprint density at radius 3 is 2.69 bits per heavy atom. The quantitative estimate of drug-likeness (QED) is 0.690. The molecule has 1 saturated carbocycles. The third kappa shape index (κ3) is 3.99. The topological polar surface area (TPSA) is 50.6 Å². The second-order valence-electron chi connectivity index (χ2n) is 10.1. The van der Waals surface area contributed by atoms with Gasteiger partial charge in [0.1, 0.15) is 0 Å². The highest BCUT2D eigenvalue weighted by Crippen LogP contribution is 2.43. The number of carbonyl (C=O) groups excluding carboxylic acids is 1. The van der Waals surface area contributed by atoms with Crippen LogP contribution >= 0.6 is 0 Å². The molecule has 1 amide bonds. The number of hydrogen-bond donors (Lipinski definition) is 0. The zero-order valence-electron chi connectivity index (χ0n) is 19.4. The average Bonchev–Trinajstić information content (AvgIpc) is 3.53. The Bertz CT molecular complexity index is 921. The van der Waals surface area contributed by atoms with Gasteiger partial charge in [-0.15, -0.1) is 0 Å². The number of hydrogen-bond acceptors (Lipinski definition) is 4. The Morgan fingerprint density at radius 1 is 1.16 bits per heavy atom. The van der Waals surface area contributed by atoms with Crippen LogP contribution in [0.3, 0.4) is 0 Å². The summed E-state index contributed by atoms with van der Waals surface area (Å²) in [6.07, 6.45) is 7.18. The second kappa shape index (κ2) is 8.99. The number of morpholine rings is 1. The molecule has 0 bridgehead atoms. The summed E-state index contributed by atoms with van der Waals surface area (Å²) in [5.41, 5.74) is 1.48. The molecule has 0 radical (unpaired) electrons. The molecule has 6 heteroatoms. The highest BCUT2D eigenvalue weighted by molar-refractivity contribution is 5.88. The van der Waals surface area contributed by atoms with Crippen LogP contribution in [0.2, 0.25) is 0 Å². The molecular formula is C26H36N4O2. The highest BCUT2D eigenvalue weighted by Gasteiger charge is 2.58. The Kier molecular flexibility index (Phi) is 6.08. The van der Waals surface area contributed by atoms with Crippen molar-refractivity contribution >= 4 is 5.91 Å². The maximum Gasteiger partial charge on any atom is 0.257 e. The Balaban J connectivity index is 1.45. The van der Waals surface area contributed by atoms with Crippen LogP contribution in [-0.2, 0) is 16.1 Å². The van der Waals surface area contributed by atoms with Crippen molar-refractivity contribution in [1.29, 1.82) is 0 Å². The molecule has 3 heterocycles. The zero-order chi connectivity index (χ0) is 22.1. The first-order valence-corrected chi connectivity index (χ1v) is 12.3. The summed E-state index contributed by atoms with van der Waals surface area (Å²) in [6.45, 7) is 8.80. The molecule has 1 spiro atoms. The van der Waals surface area contributed by atoms with E-state index in [1.54, 1.807) is 0 Å². The van der Waals surface area contributed by atoms with Crippen LogP contribution in [0.1, 0.15) is 62.7 Å². The van der Waals surface area contributed by atoms with E-state index < -0.39 is 5.60 Å². The van der Waals surface area contributed by atoms with Crippen LogP contribution in [-0.4, -0.2) is 63.9 Å². The van der Waals surface area contributed by atoms with Gasteiger partial charge >= 0.3 is 0 Å². The first-order chi connectivity index (χ1) is 15.6. The van der Waals surface area contributed by atoms with Gasteiger partial charge < -0.3 is 9.64 Å². The van der Waals surface area contributed by atoms with E-state index in [4.69, 9.17) is 4.74 Å². The van der Waals surface area contributed by atoms with E-state index in [1.165, 1.54) is 31.2 Å². The van der Waals surface area contributed by atoms with E-state index in [9.17, 15) is 4.79 Å².